The van der Waals surface area contributed by atoms with E-state index in [9.17, 15) is 13.5 Å². The fourth-order valence-electron chi connectivity index (χ4n) is 3.96. The predicted molar refractivity (Wildman–Crippen MR) is 128 cm³/mol. The predicted octanol–water partition coefficient (Wildman–Crippen LogP) is 2.99. The summed E-state index contributed by atoms with van der Waals surface area (Å²) in [5, 5.41) is 16.4. The Bertz CT molecular complexity index is 1200. The topological polar surface area (TPSA) is 134 Å². The molecule has 33 heavy (non-hydrogen) atoms. The quantitative estimate of drug-likeness (QED) is 0.392. The van der Waals surface area contributed by atoms with Gasteiger partial charge in [0.25, 0.3) is 0 Å². The second kappa shape index (κ2) is 9.62. The molecule has 10 nitrogen and oxygen atoms in total. The Balaban J connectivity index is 1.60. The Kier molecular flexibility index (Phi) is 6.82. The van der Waals surface area contributed by atoms with Crippen LogP contribution in [0.3, 0.4) is 0 Å². The molecule has 2 heterocycles. The Morgan fingerprint density at radius 2 is 1.82 bits per heavy atom. The van der Waals surface area contributed by atoms with Crippen LogP contribution in [0.1, 0.15) is 46.5 Å². The summed E-state index contributed by atoms with van der Waals surface area (Å²) in [4.78, 5) is 14.0. The fourth-order valence-corrected chi connectivity index (χ4v) is 5.21. The number of nitrogens with one attached hydrogen (secondary N) is 3. The van der Waals surface area contributed by atoms with Crippen LogP contribution in [-0.4, -0.2) is 51.2 Å². The van der Waals surface area contributed by atoms with E-state index in [2.05, 4.69) is 30.3 Å². The van der Waals surface area contributed by atoms with Crippen molar-refractivity contribution in [2.45, 2.75) is 76.1 Å². The number of aryl methyl sites for hydroxylation is 1. The van der Waals surface area contributed by atoms with Gasteiger partial charge in [-0.25, -0.2) is 18.1 Å². The van der Waals surface area contributed by atoms with Crippen molar-refractivity contribution < 1.29 is 13.5 Å². The molecule has 0 atom stereocenters. The Morgan fingerprint density at radius 1 is 1.12 bits per heavy atom. The van der Waals surface area contributed by atoms with E-state index < -0.39 is 10.0 Å². The number of benzene rings is 1. The molecule has 0 radical (unpaired) electrons. The molecule has 0 amide bonds. The van der Waals surface area contributed by atoms with Crippen molar-refractivity contribution in [1.82, 2.24) is 24.2 Å². The maximum Gasteiger partial charge on any atom is 0.240 e. The van der Waals surface area contributed by atoms with Crippen LogP contribution in [0.2, 0.25) is 0 Å². The average Bonchev–Trinajstić information content (AvgIpc) is 3.18. The summed E-state index contributed by atoms with van der Waals surface area (Å²) in [6.07, 6.45) is 4.75. The standard InChI is InChI=1S/C22H31N7O3S/c1-4-29-13-23-19-20(24-15-7-11-18(12-8-15)33(31,32)28-14(2)3)26-22(27-21(19)29)25-16-5-9-17(30)10-6-16/h7-8,11-14,16-17,28,30H,4-6,9-10H2,1-3H3,(H2,24,25,26,27)/t16-,17-. The van der Waals surface area contributed by atoms with Gasteiger partial charge in [-0.3, -0.25) is 0 Å². The second-order valence-electron chi connectivity index (χ2n) is 8.67. The zero-order valence-electron chi connectivity index (χ0n) is 19.1. The molecule has 1 saturated carbocycles. The van der Waals surface area contributed by atoms with E-state index in [4.69, 9.17) is 0 Å². The molecule has 0 saturated heterocycles. The van der Waals surface area contributed by atoms with Crippen LogP contribution in [0.25, 0.3) is 11.2 Å². The monoisotopic (exact) mass is 473 g/mol. The molecular weight excluding hydrogens is 442 g/mol. The molecule has 3 aromatic rings. The van der Waals surface area contributed by atoms with Crippen LogP contribution in [0.4, 0.5) is 17.5 Å². The molecule has 1 aromatic carbocycles. The lowest BCUT2D eigenvalue weighted by atomic mass is 9.93. The van der Waals surface area contributed by atoms with Crippen molar-refractivity contribution in [3.8, 4) is 0 Å². The van der Waals surface area contributed by atoms with Crippen molar-refractivity contribution in [3.05, 3.63) is 30.6 Å². The van der Waals surface area contributed by atoms with Gasteiger partial charge < -0.3 is 20.3 Å². The number of fused-ring (bicyclic) bond motifs is 1. The minimum Gasteiger partial charge on any atom is -0.393 e. The van der Waals surface area contributed by atoms with Crippen LogP contribution < -0.4 is 15.4 Å². The molecule has 2 aromatic heterocycles. The Morgan fingerprint density at radius 3 is 2.45 bits per heavy atom. The number of hydrogen-bond acceptors (Lipinski definition) is 8. The molecule has 11 heteroatoms. The van der Waals surface area contributed by atoms with Crippen molar-refractivity contribution in [2.24, 2.45) is 0 Å². The highest BCUT2D eigenvalue weighted by atomic mass is 32.2. The van der Waals surface area contributed by atoms with Gasteiger partial charge in [-0.05, 0) is 70.7 Å². The zero-order valence-corrected chi connectivity index (χ0v) is 19.9. The first-order valence-electron chi connectivity index (χ1n) is 11.3. The van der Waals surface area contributed by atoms with Crippen LogP contribution in [0, 0.1) is 0 Å². The van der Waals surface area contributed by atoms with Crippen LogP contribution in [-0.2, 0) is 16.6 Å². The normalized spacial score (nSPS) is 19.2. The number of anilines is 3. The van der Waals surface area contributed by atoms with Crippen LogP contribution in [0.5, 0.6) is 0 Å². The summed E-state index contributed by atoms with van der Waals surface area (Å²) in [5.74, 6) is 1.04. The number of aromatic nitrogens is 4. The number of aliphatic hydroxyl groups is 1. The highest BCUT2D eigenvalue weighted by Gasteiger charge is 2.21. The molecule has 178 valence electrons. The molecule has 0 bridgehead atoms. The molecule has 4 N–H and O–H groups in total. The van der Waals surface area contributed by atoms with Gasteiger partial charge in [0.05, 0.1) is 17.3 Å². The highest BCUT2D eigenvalue weighted by molar-refractivity contribution is 7.89. The molecular formula is C22H31N7O3S. The molecule has 0 aliphatic heterocycles. The number of nitrogens with zero attached hydrogens (tertiary/aromatic N) is 4. The molecule has 1 aliphatic carbocycles. The summed E-state index contributed by atoms with van der Waals surface area (Å²) in [6.45, 7) is 6.31. The highest BCUT2D eigenvalue weighted by Crippen LogP contribution is 2.27. The molecule has 1 fully saturated rings. The van der Waals surface area contributed by atoms with Gasteiger partial charge in [-0.1, -0.05) is 0 Å². The smallest absolute Gasteiger partial charge is 0.240 e. The van der Waals surface area contributed by atoms with Gasteiger partial charge >= 0.3 is 0 Å². The van der Waals surface area contributed by atoms with E-state index in [1.165, 1.54) is 0 Å². The minimum atomic E-state index is -3.56. The second-order valence-corrected chi connectivity index (χ2v) is 10.4. The number of rotatable bonds is 8. The molecule has 0 unspecified atom stereocenters. The van der Waals surface area contributed by atoms with Gasteiger partial charge in [0.15, 0.2) is 17.0 Å². The van der Waals surface area contributed by atoms with Crippen molar-refractivity contribution in [2.75, 3.05) is 10.6 Å². The summed E-state index contributed by atoms with van der Waals surface area (Å²) in [7, 11) is -3.56. The number of aliphatic hydroxyl groups excluding tert-OH is 1. The Hall–Kier alpha value is -2.76. The molecule has 1 aliphatic rings. The summed E-state index contributed by atoms with van der Waals surface area (Å²) >= 11 is 0. The van der Waals surface area contributed by atoms with Crippen molar-refractivity contribution in [3.63, 3.8) is 0 Å². The van der Waals surface area contributed by atoms with E-state index in [0.717, 1.165) is 32.2 Å². The first-order valence-corrected chi connectivity index (χ1v) is 12.8. The van der Waals surface area contributed by atoms with Gasteiger partial charge in [-0.15, -0.1) is 0 Å². The summed E-state index contributed by atoms with van der Waals surface area (Å²) in [6, 6.07) is 6.54. The maximum absolute atomic E-state index is 12.4. The third-order valence-electron chi connectivity index (χ3n) is 5.65. The van der Waals surface area contributed by atoms with Gasteiger partial charge in [0.1, 0.15) is 0 Å². The number of hydrogen-bond donors (Lipinski definition) is 4. The van der Waals surface area contributed by atoms with E-state index in [-0.39, 0.29) is 23.1 Å². The largest absolute Gasteiger partial charge is 0.393 e. The van der Waals surface area contributed by atoms with E-state index in [1.54, 1.807) is 44.4 Å². The SMILES string of the molecule is CCn1cnc2c(Nc3ccc(S(=O)(=O)NC(C)C)cc3)nc(N[C@H]3CC[C@H](O)CC3)nc21. The van der Waals surface area contributed by atoms with Crippen LogP contribution in [0.15, 0.2) is 35.5 Å². The first-order chi connectivity index (χ1) is 15.7. The lowest BCUT2D eigenvalue weighted by molar-refractivity contribution is 0.126. The van der Waals surface area contributed by atoms with Gasteiger partial charge in [-0.2, -0.15) is 9.97 Å². The summed E-state index contributed by atoms with van der Waals surface area (Å²) < 4.78 is 29.3. The first kappa shape index (κ1) is 23.4. The maximum atomic E-state index is 12.4. The average molecular weight is 474 g/mol. The zero-order chi connectivity index (χ0) is 23.6. The number of imidazole rings is 1. The third kappa shape index (κ3) is 5.43. The Labute approximate surface area is 193 Å². The van der Waals surface area contributed by atoms with E-state index in [1.807, 2.05) is 11.5 Å². The lowest BCUT2D eigenvalue weighted by Gasteiger charge is -2.26. The van der Waals surface area contributed by atoms with E-state index in [0.29, 0.717) is 28.6 Å². The fraction of sp³-hybridized carbons (Fsp3) is 0.500. The summed E-state index contributed by atoms with van der Waals surface area (Å²) in [5.41, 5.74) is 2.05. The van der Waals surface area contributed by atoms with E-state index >= 15 is 0 Å². The van der Waals surface area contributed by atoms with Gasteiger partial charge in [0.2, 0.25) is 16.0 Å². The molecule has 4 rings (SSSR count). The van der Waals surface area contributed by atoms with Gasteiger partial charge in [0, 0.05) is 24.3 Å². The minimum absolute atomic E-state index is 0.186. The van der Waals surface area contributed by atoms with Crippen molar-refractivity contribution in [1.29, 1.82) is 0 Å². The number of sulfonamides is 1. The third-order valence-corrected chi connectivity index (χ3v) is 7.33. The lowest BCUT2D eigenvalue weighted by Crippen LogP contribution is -2.30. The van der Waals surface area contributed by atoms with Crippen molar-refractivity contribution >= 4 is 38.6 Å². The van der Waals surface area contributed by atoms with Crippen LogP contribution >= 0.6 is 0 Å². The molecule has 0 spiro atoms.